The van der Waals surface area contributed by atoms with Crippen molar-refractivity contribution in [3.63, 3.8) is 0 Å². The lowest BCUT2D eigenvalue weighted by Crippen LogP contribution is -2.34. The maximum Gasteiger partial charge on any atom is 0.105 e. The summed E-state index contributed by atoms with van der Waals surface area (Å²) in [6.45, 7) is 8.17. The molecular weight excluding hydrogens is 226 g/mol. The highest BCUT2D eigenvalue weighted by Gasteiger charge is 2.40. The Balaban J connectivity index is 1.89. The quantitative estimate of drug-likeness (QED) is 0.894. The number of aliphatic hydroxyl groups excluding tert-OH is 1. The number of aliphatic hydroxyl groups is 1. The highest BCUT2D eigenvalue weighted by molar-refractivity contribution is 5.15. The van der Waals surface area contributed by atoms with E-state index in [9.17, 15) is 5.11 Å². The van der Waals surface area contributed by atoms with Crippen molar-refractivity contribution in [1.29, 1.82) is 0 Å². The molecule has 1 heterocycles. The van der Waals surface area contributed by atoms with E-state index in [1.807, 2.05) is 13.0 Å². The molecule has 1 aliphatic carbocycles. The molecule has 0 aliphatic heterocycles. The van der Waals surface area contributed by atoms with Gasteiger partial charge in [0.1, 0.15) is 5.76 Å². The first-order valence-corrected chi connectivity index (χ1v) is 6.80. The van der Waals surface area contributed by atoms with Crippen molar-refractivity contribution < 1.29 is 9.52 Å². The van der Waals surface area contributed by atoms with Crippen LogP contribution >= 0.6 is 0 Å². The van der Waals surface area contributed by atoms with Crippen molar-refractivity contribution >= 4 is 0 Å². The Kier molecular flexibility index (Phi) is 3.83. The summed E-state index contributed by atoms with van der Waals surface area (Å²) >= 11 is 0. The van der Waals surface area contributed by atoms with E-state index in [-0.39, 0.29) is 11.5 Å². The molecule has 3 nitrogen and oxygen atoms in total. The molecule has 1 aliphatic rings. The average molecular weight is 251 g/mol. The molecule has 1 fully saturated rings. The monoisotopic (exact) mass is 251 g/mol. The third-order valence-electron chi connectivity index (χ3n) is 4.36. The topological polar surface area (TPSA) is 36.6 Å². The fourth-order valence-electron chi connectivity index (χ4n) is 3.02. The normalized spacial score (nSPS) is 27.0. The molecule has 1 aromatic rings. The lowest BCUT2D eigenvalue weighted by atomic mass is 9.87. The molecule has 2 unspecified atom stereocenters. The van der Waals surface area contributed by atoms with Crippen molar-refractivity contribution in [3.05, 3.63) is 23.7 Å². The first-order chi connectivity index (χ1) is 8.40. The molecule has 0 amide bonds. The molecule has 0 bridgehead atoms. The molecule has 2 rings (SSSR count). The summed E-state index contributed by atoms with van der Waals surface area (Å²) in [6.07, 6.45) is 3.82. The Bertz CT molecular complexity index is 397. The Morgan fingerprint density at radius 3 is 2.72 bits per heavy atom. The minimum absolute atomic E-state index is 0.0804. The molecule has 1 N–H and O–H groups in total. The van der Waals surface area contributed by atoms with Gasteiger partial charge in [0.05, 0.1) is 12.4 Å². The van der Waals surface area contributed by atoms with Gasteiger partial charge in [-0.3, -0.25) is 0 Å². The summed E-state index contributed by atoms with van der Waals surface area (Å²) in [6, 6.07) is 2.03. The second kappa shape index (κ2) is 5.06. The van der Waals surface area contributed by atoms with Crippen molar-refractivity contribution in [2.45, 2.75) is 46.3 Å². The molecule has 0 aromatic carbocycles. The zero-order valence-electron chi connectivity index (χ0n) is 11.9. The number of furan rings is 1. The average Bonchev–Trinajstić information content (AvgIpc) is 2.78. The molecule has 2 atom stereocenters. The highest BCUT2D eigenvalue weighted by Crippen LogP contribution is 2.41. The lowest BCUT2D eigenvalue weighted by molar-refractivity contribution is 0.0348. The number of aryl methyl sites for hydroxylation is 1. The van der Waals surface area contributed by atoms with Gasteiger partial charge in [0.15, 0.2) is 0 Å². The second-order valence-corrected chi connectivity index (χ2v) is 6.43. The number of hydrogen-bond acceptors (Lipinski definition) is 3. The first-order valence-electron chi connectivity index (χ1n) is 6.80. The van der Waals surface area contributed by atoms with Crippen LogP contribution in [0.15, 0.2) is 16.7 Å². The van der Waals surface area contributed by atoms with Crippen LogP contribution < -0.4 is 0 Å². The molecule has 3 heteroatoms. The SMILES string of the molecule is Cc1occc1CN(C)CC1CCC(C)(C)C1O. The maximum absolute atomic E-state index is 10.3. The standard InChI is InChI=1S/C15H25NO2/c1-11-12(6-8-18-11)9-16(4)10-13-5-7-15(2,3)14(13)17/h6,8,13-14,17H,5,7,9-10H2,1-4H3. The lowest BCUT2D eigenvalue weighted by Gasteiger charge is -2.28. The van der Waals surface area contributed by atoms with E-state index in [0.29, 0.717) is 5.92 Å². The van der Waals surface area contributed by atoms with Crippen molar-refractivity contribution in [2.24, 2.45) is 11.3 Å². The third-order valence-corrected chi connectivity index (χ3v) is 4.36. The van der Waals surface area contributed by atoms with Gasteiger partial charge >= 0.3 is 0 Å². The molecular formula is C15H25NO2. The molecule has 1 aromatic heterocycles. The molecule has 1 saturated carbocycles. The van der Waals surface area contributed by atoms with Gasteiger partial charge in [0.25, 0.3) is 0 Å². The van der Waals surface area contributed by atoms with Crippen molar-refractivity contribution in [1.82, 2.24) is 4.90 Å². The summed E-state index contributed by atoms with van der Waals surface area (Å²) < 4.78 is 5.31. The van der Waals surface area contributed by atoms with E-state index < -0.39 is 0 Å². The fraction of sp³-hybridized carbons (Fsp3) is 0.733. The molecule has 0 radical (unpaired) electrons. The van der Waals surface area contributed by atoms with Crippen LogP contribution in [0.4, 0.5) is 0 Å². The minimum Gasteiger partial charge on any atom is -0.469 e. The second-order valence-electron chi connectivity index (χ2n) is 6.43. The van der Waals surface area contributed by atoms with Crippen LogP contribution in [0.25, 0.3) is 0 Å². The predicted octanol–water partition coefficient (Wildman–Crippen LogP) is 2.82. The van der Waals surface area contributed by atoms with E-state index >= 15 is 0 Å². The summed E-state index contributed by atoms with van der Waals surface area (Å²) in [5.41, 5.74) is 1.32. The summed E-state index contributed by atoms with van der Waals surface area (Å²) in [7, 11) is 2.12. The molecule has 18 heavy (non-hydrogen) atoms. The molecule has 0 spiro atoms. The minimum atomic E-state index is -0.176. The number of rotatable bonds is 4. The van der Waals surface area contributed by atoms with Gasteiger partial charge in [-0.1, -0.05) is 13.8 Å². The summed E-state index contributed by atoms with van der Waals surface area (Å²) in [5.74, 6) is 1.39. The van der Waals surface area contributed by atoms with Crippen LogP contribution in [0.3, 0.4) is 0 Å². The van der Waals surface area contributed by atoms with E-state index in [2.05, 4.69) is 25.8 Å². The van der Waals surface area contributed by atoms with Gasteiger partial charge in [-0.05, 0) is 44.2 Å². The Labute approximate surface area is 110 Å². The third kappa shape index (κ3) is 2.78. The number of nitrogens with zero attached hydrogens (tertiary/aromatic N) is 1. The van der Waals surface area contributed by atoms with E-state index in [0.717, 1.165) is 31.7 Å². The van der Waals surface area contributed by atoms with E-state index in [1.54, 1.807) is 6.26 Å². The zero-order chi connectivity index (χ0) is 13.3. The van der Waals surface area contributed by atoms with Crippen LogP contribution in [0.1, 0.15) is 38.0 Å². The van der Waals surface area contributed by atoms with E-state index in [1.165, 1.54) is 5.56 Å². The fourth-order valence-corrected chi connectivity index (χ4v) is 3.02. The predicted molar refractivity (Wildman–Crippen MR) is 72.3 cm³/mol. The van der Waals surface area contributed by atoms with Gasteiger partial charge in [-0.25, -0.2) is 0 Å². The zero-order valence-corrected chi connectivity index (χ0v) is 11.9. The molecule has 102 valence electrons. The number of hydrogen-bond donors (Lipinski definition) is 1. The van der Waals surface area contributed by atoms with Crippen molar-refractivity contribution in [2.75, 3.05) is 13.6 Å². The van der Waals surface area contributed by atoms with Gasteiger partial charge in [0, 0.05) is 18.7 Å². The van der Waals surface area contributed by atoms with Crippen molar-refractivity contribution in [3.8, 4) is 0 Å². The van der Waals surface area contributed by atoms with Crippen LogP contribution in [-0.4, -0.2) is 29.7 Å². The van der Waals surface area contributed by atoms with Crippen LogP contribution in [0.5, 0.6) is 0 Å². The summed E-state index contributed by atoms with van der Waals surface area (Å²) in [5, 5.41) is 10.3. The largest absolute Gasteiger partial charge is 0.469 e. The van der Waals surface area contributed by atoms with Crippen LogP contribution in [-0.2, 0) is 6.54 Å². The highest BCUT2D eigenvalue weighted by atomic mass is 16.3. The van der Waals surface area contributed by atoms with Gasteiger partial charge in [0.2, 0.25) is 0 Å². The smallest absolute Gasteiger partial charge is 0.105 e. The summed E-state index contributed by atoms with van der Waals surface area (Å²) in [4.78, 5) is 2.28. The first kappa shape index (κ1) is 13.6. The van der Waals surface area contributed by atoms with Gasteiger partial charge in [-0.2, -0.15) is 0 Å². The van der Waals surface area contributed by atoms with Crippen LogP contribution in [0, 0.1) is 18.3 Å². The maximum atomic E-state index is 10.3. The molecule has 0 saturated heterocycles. The Morgan fingerprint density at radius 2 is 2.22 bits per heavy atom. The Hall–Kier alpha value is -0.800. The van der Waals surface area contributed by atoms with E-state index in [4.69, 9.17) is 4.42 Å². The van der Waals surface area contributed by atoms with Gasteiger partial charge < -0.3 is 14.4 Å². The van der Waals surface area contributed by atoms with Crippen LogP contribution in [0.2, 0.25) is 0 Å². The Morgan fingerprint density at radius 1 is 1.50 bits per heavy atom. The van der Waals surface area contributed by atoms with Gasteiger partial charge in [-0.15, -0.1) is 0 Å².